The molecule has 0 bridgehead atoms. The molecule has 0 saturated carbocycles. The summed E-state index contributed by atoms with van der Waals surface area (Å²) in [5, 5.41) is 0.351. The van der Waals surface area contributed by atoms with Gasteiger partial charge in [0.1, 0.15) is 30.0 Å². The fourth-order valence-electron chi connectivity index (χ4n) is 2.91. The van der Waals surface area contributed by atoms with Crippen LogP contribution >= 0.6 is 0 Å². The molecule has 0 atom stereocenters. The van der Waals surface area contributed by atoms with Gasteiger partial charge in [0, 0.05) is 6.07 Å². The van der Waals surface area contributed by atoms with Gasteiger partial charge in [0.2, 0.25) is 11.2 Å². The highest BCUT2D eigenvalue weighted by atomic mass is 16.6. The van der Waals surface area contributed by atoms with Crippen LogP contribution in [0.4, 0.5) is 0 Å². The summed E-state index contributed by atoms with van der Waals surface area (Å²) in [5.74, 6) is 0.535. The third-order valence-corrected chi connectivity index (χ3v) is 4.56. The summed E-state index contributed by atoms with van der Waals surface area (Å²) in [7, 11) is 0. The lowest BCUT2D eigenvalue weighted by Crippen LogP contribution is -2.14. The topological polar surface area (TPSA) is 75.0 Å². The minimum Gasteiger partial charge on any atom is -0.482 e. The molecule has 0 spiro atoms. The highest BCUT2D eigenvalue weighted by molar-refractivity contribution is 5.79. The van der Waals surface area contributed by atoms with E-state index in [0.717, 1.165) is 11.1 Å². The molecule has 0 saturated heterocycles. The van der Waals surface area contributed by atoms with E-state index in [4.69, 9.17) is 18.6 Å². The first-order chi connectivity index (χ1) is 15.1. The van der Waals surface area contributed by atoms with Gasteiger partial charge in [0.25, 0.3) is 0 Å². The van der Waals surface area contributed by atoms with Crippen LogP contribution in [-0.4, -0.2) is 12.6 Å². The van der Waals surface area contributed by atoms with Gasteiger partial charge < -0.3 is 18.6 Å². The van der Waals surface area contributed by atoms with E-state index in [1.165, 1.54) is 6.26 Å². The Kier molecular flexibility index (Phi) is 5.98. The van der Waals surface area contributed by atoms with Crippen molar-refractivity contribution in [2.24, 2.45) is 0 Å². The Balaban J connectivity index is 1.40. The molecular weight excluding hydrogens is 396 g/mol. The molecule has 4 rings (SSSR count). The third kappa shape index (κ3) is 5.11. The van der Waals surface area contributed by atoms with Crippen molar-refractivity contribution in [1.82, 2.24) is 0 Å². The molecule has 156 valence electrons. The SMILES string of the molecule is Cc1ccc(Oc2coc3cc(OCC(=O)OCc4ccccc4)ccc3c2=O)cc1. The molecule has 31 heavy (non-hydrogen) atoms. The fourth-order valence-corrected chi connectivity index (χ4v) is 2.91. The molecule has 6 nitrogen and oxygen atoms in total. The summed E-state index contributed by atoms with van der Waals surface area (Å²) in [4.78, 5) is 24.6. The van der Waals surface area contributed by atoms with Gasteiger partial charge in [-0.2, -0.15) is 0 Å². The van der Waals surface area contributed by atoms with Crippen molar-refractivity contribution >= 4 is 16.9 Å². The van der Waals surface area contributed by atoms with E-state index >= 15 is 0 Å². The van der Waals surface area contributed by atoms with Gasteiger partial charge in [-0.3, -0.25) is 4.79 Å². The lowest BCUT2D eigenvalue weighted by atomic mass is 10.2. The van der Waals surface area contributed by atoms with E-state index in [-0.39, 0.29) is 24.4 Å². The smallest absolute Gasteiger partial charge is 0.344 e. The van der Waals surface area contributed by atoms with Crippen LogP contribution in [0, 0.1) is 6.92 Å². The van der Waals surface area contributed by atoms with Crippen LogP contribution in [0.1, 0.15) is 11.1 Å². The molecule has 0 unspecified atom stereocenters. The van der Waals surface area contributed by atoms with Crippen molar-refractivity contribution in [3.05, 3.63) is 100 Å². The van der Waals surface area contributed by atoms with Crippen LogP contribution in [0.3, 0.4) is 0 Å². The first-order valence-electron chi connectivity index (χ1n) is 9.71. The molecule has 1 aromatic heterocycles. The number of carbonyl (C=O) groups excluding carboxylic acids is 1. The molecule has 0 aliphatic heterocycles. The van der Waals surface area contributed by atoms with E-state index in [9.17, 15) is 9.59 Å². The molecule has 6 heteroatoms. The molecule has 0 aliphatic carbocycles. The zero-order valence-electron chi connectivity index (χ0n) is 16.9. The lowest BCUT2D eigenvalue weighted by Gasteiger charge is -2.09. The quantitative estimate of drug-likeness (QED) is 0.394. The summed E-state index contributed by atoms with van der Waals surface area (Å²) in [5.41, 5.74) is 2.02. The Labute approximate surface area is 178 Å². The molecule has 0 aliphatic rings. The van der Waals surface area contributed by atoms with Gasteiger partial charge in [-0.15, -0.1) is 0 Å². The van der Waals surface area contributed by atoms with E-state index in [1.54, 1.807) is 30.3 Å². The molecule has 3 aromatic carbocycles. The van der Waals surface area contributed by atoms with E-state index in [2.05, 4.69) is 0 Å². The maximum Gasteiger partial charge on any atom is 0.344 e. The van der Waals surface area contributed by atoms with Crippen molar-refractivity contribution in [3.8, 4) is 17.2 Å². The largest absolute Gasteiger partial charge is 0.482 e. The molecular formula is C25H20O6. The highest BCUT2D eigenvalue weighted by Crippen LogP contribution is 2.24. The third-order valence-electron chi connectivity index (χ3n) is 4.56. The summed E-state index contributed by atoms with van der Waals surface area (Å²) in [6, 6.07) is 21.5. The standard InChI is InChI=1S/C25H20O6/c1-17-7-9-19(10-8-17)31-23-15-29-22-13-20(11-12-21(22)25(23)27)28-16-24(26)30-14-18-5-3-2-4-6-18/h2-13,15H,14,16H2,1H3. The van der Waals surface area contributed by atoms with Gasteiger partial charge in [-0.05, 0) is 36.8 Å². The minimum absolute atomic E-state index is 0.0921. The number of fused-ring (bicyclic) bond motifs is 1. The number of benzene rings is 3. The van der Waals surface area contributed by atoms with Gasteiger partial charge in [-0.25, -0.2) is 4.79 Å². The average molecular weight is 416 g/mol. The molecule has 4 aromatic rings. The van der Waals surface area contributed by atoms with Crippen LogP contribution in [0.2, 0.25) is 0 Å². The molecule has 0 fully saturated rings. The maximum atomic E-state index is 12.7. The summed E-state index contributed by atoms with van der Waals surface area (Å²) >= 11 is 0. The van der Waals surface area contributed by atoms with Crippen LogP contribution in [-0.2, 0) is 16.1 Å². The molecule has 0 N–H and O–H groups in total. The Hall–Kier alpha value is -4.06. The Morgan fingerprint density at radius 1 is 0.935 bits per heavy atom. The number of rotatable bonds is 7. The Bertz CT molecular complexity index is 1240. The van der Waals surface area contributed by atoms with E-state index in [0.29, 0.717) is 22.5 Å². The number of ether oxygens (including phenoxy) is 3. The average Bonchev–Trinajstić information content (AvgIpc) is 2.80. The van der Waals surface area contributed by atoms with Crippen molar-refractivity contribution in [3.63, 3.8) is 0 Å². The predicted molar refractivity (Wildman–Crippen MR) is 115 cm³/mol. The summed E-state index contributed by atoms with van der Waals surface area (Å²) in [6.07, 6.45) is 1.27. The minimum atomic E-state index is -0.493. The van der Waals surface area contributed by atoms with Crippen LogP contribution in [0.5, 0.6) is 17.2 Å². The van der Waals surface area contributed by atoms with Crippen molar-refractivity contribution in [2.45, 2.75) is 13.5 Å². The highest BCUT2D eigenvalue weighted by Gasteiger charge is 2.11. The number of esters is 1. The van der Waals surface area contributed by atoms with Gasteiger partial charge in [0.15, 0.2) is 6.61 Å². The lowest BCUT2D eigenvalue weighted by molar-refractivity contribution is -0.147. The first-order valence-corrected chi connectivity index (χ1v) is 9.71. The Morgan fingerprint density at radius 2 is 1.68 bits per heavy atom. The van der Waals surface area contributed by atoms with Gasteiger partial charge in [-0.1, -0.05) is 48.0 Å². The second-order valence-corrected chi connectivity index (χ2v) is 6.94. The zero-order valence-corrected chi connectivity index (χ0v) is 16.9. The van der Waals surface area contributed by atoms with Crippen molar-refractivity contribution < 1.29 is 23.4 Å². The molecule has 1 heterocycles. The van der Waals surface area contributed by atoms with E-state index < -0.39 is 5.97 Å². The second kappa shape index (κ2) is 9.17. The van der Waals surface area contributed by atoms with Crippen molar-refractivity contribution in [1.29, 1.82) is 0 Å². The summed E-state index contributed by atoms with van der Waals surface area (Å²) in [6.45, 7) is 1.90. The van der Waals surface area contributed by atoms with Gasteiger partial charge in [0.05, 0.1) is 5.39 Å². The number of hydrogen-bond acceptors (Lipinski definition) is 6. The number of aryl methyl sites for hydroxylation is 1. The second-order valence-electron chi connectivity index (χ2n) is 6.94. The van der Waals surface area contributed by atoms with E-state index in [1.807, 2.05) is 49.4 Å². The summed E-state index contributed by atoms with van der Waals surface area (Å²) < 4.78 is 21.9. The molecule has 0 amide bonds. The normalized spacial score (nSPS) is 10.6. The Morgan fingerprint density at radius 3 is 2.45 bits per heavy atom. The molecule has 0 radical (unpaired) electrons. The zero-order chi connectivity index (χ0) is 21.6. The monoisotopic (exact) mass is 416 g/mol. The van der Waals surface area contributed by atoms with Gasteiger partial charge >= 0.3 is 5.97 Å². The number of hydrogen-bond donors (Lipinski definition) is 0. The fraction of sp³-hybridized carbons (Fsp3) is 0.120. The van der Waals surface area contributed by atoms with Crippen molar-refractivity contribution in [2.75, 3.05) is 6.61 Å². The van der Waals surface area contributed by atoms with Crippen LogP contribution < -0.4 is 14.9 Å². The van der Waals surface area contributed by atoms with Crippen LogP contribution in [0.25, 0.3) is 11.0 Å². The van der Waals surface area contributed by atoms with Crippen LogP contribution in [0.15, 0.2) is 88.3 Å². The number of carbonyl (C=O) groups is 1. The maximum absolute atomic E-state index is 12.7. The first kappa shape index (κ1) is 20.2. The predicted octanol–water partition coefficient (Wildman–Crippen LogP) is 5.02.